The van der Waals surface area contributed by atoms with Crippen LogP contribution in [0.15, 0.2) is 35.2 Å². The first kappa shape index (κ1) is 15.8. The minimum absolute atomic E-state index is 0.0754. The number of nitrogens with one attached hydrogen (secondary N) is 2. The highest BCUT2D eigenvalue weighted by Crippen LogP contribution is 2.18. The van der Waals surface area contributed by atoms with Gasteiger partial charge in [-0.05, 0) is 18.6 Å². The van der Waals surface area contributed by atoms with Gasteiger partial charge >= 0.3 is 0 Å². The van der Waals surface area contributed by atoms with Crippen molar-refractivity contribution in [1.82, 2.24) is 14.9 Å². The van der Waals surface area contributed by atoms with Crippen molar-refractivity contribution in [2.45, 2.75) is 23.4 Å². The van der Waals surface area contributed by atoms with Crippen molar-refractivity contribution in [1.29, 1.82) is 0 Å². The number of nitrogens with zero attached hydrogens (tertiary/aromatic N) is 1. The SMILES string of the molecule is O=C(C1CC(NS(=O)(=O)c2ccccc2)CN1)N1CCSC1. The van der Waals surface area contributed by atoms with Gasteiger partial charge in [0.25, 0.3) is 0 Å². The summed E-state index contributed by atoms with van der Waals surface area (Å²) < 4.78 is 27.2. The average molecular weight is 341 g/mol. The van der Waals surface area contributed by atoms with Gasteiger partial charge in [0.05, 0.1) is 16.8 Å². The van der Waals surface area contributed by atoms with Gasteiger partial charge in [-0.15, -0.1) is 11.8 Å². The third-order valence-electron chi connectivity index (χ3n) is 3.87. The zero-order valence-electron chi connectivity index (χ0n) is 12.1. The molecule has 2 heterocycles. The van der Waals surface area contributed by atoms with E-state index in [2.05, 4.69) is 10.0 Å². The molecule has 1 aromatic rings. The Labute approximate surface area is 134 Å². The second kappa shape index (κ2) is 6.57. The Bertz CT molecular complexity index is 630. The van der Waals surface area contributed by atoms with Gasteiger partial charge in [0.2, 0.25) is 15.9 Å². The summed E-state index contributed by atoms with van der Waals surface area (Å²) >= 11 is 1.74. The van der Waals surface area contributed by atoms with Crippen LogP contribution in [-0.2, 0) is 14.8 Å². The molecule has 8 heteroatoms. The molecular weight excluding hydrogens is 322 g/mol. The molecule has 3 rings (SSSR count). The Kier molecular flexibility index (Phi) is 4.72. The molecule has 0 bridgehead atoms. The van der Waals surface area contributed by atoms with Crippen LogP contribution < -0.4 is 10.0 Å². The van der Waals surface area contributed by atoms with E-state index >= 15 is 0 Å². The number of carbonyl (C=O) groups is 1. The molecule has 2 N–H and O–H groups in total. The summed E-state index contributed by atoms with van der Waals surface area (Å²) in [7, 11) is -3.53. The number of thioether (sulfide) groups is 1. The fourth-order valence-electron chi connectivity index (χ4n) is 2.71. The maximum Gasteiger partial charge on any atom is 0.240 e. The minimum Gasteiger partial charge on any atom is -0.331 e. The third-order valence-corrected chi connectivity index (χ3v) is 6.37. The van der Waals surface area contributed by atoms with Crippen molar-refractivity contribution in [3.8, 4) is 0 Å². The van der Waals surface area contributed by atoms with E-state index < -0.39 is 10.0 Å². The maximum absolute atomic E-state index is 12.3. The molecule has 1 amide bonds. The van der Waals surface area contributed by atoms with Crippen molar-refractivity contribution in [3.63, 3.8) is 0 Å². The summed E-state index contributed by atoms with van der Waals surface area (Å²) in [6.07, 6.45) is 0.492. The summed E-state index contributed by atoms with van der Waals surface area (Å²) in [6, 6.07) is 7.75. The normalized spacial score (nSPS) is 25.5. The highest BCUT2D eigenvalue weighted by atomic mass is 32.2. The predicted octanol–water partition coefficient (Wildman–Crippen LogP) is 0.228. The molecule has 2 saturated heterocycles. The first-order chi connectivity index (χ1) is 10.6. The summed E-state index contributed by atoms with van der Waals surface area (Å²) in [4.78, 5) is 14.4. The zero-order valence-corrected chi connectivity index (χ0v) is 13.7. The highest BCUT2D eigenvalue weighted by Gasteiger charge is 2.35. The number of hydrogen-bond donors (Lipinski definition) is 2. The molecule has 0 saturated carbocycles. The van der Waals surface area contributed by atoms with Gasteiger partial charge in [0.15, 0.2) is 0 Å². The number of rotatable bonds is 4. The minimum atomic E-state index is -3.53. The number of hydrogen-bond acceptors (Lipinski definition) is 5. The first-order valence-electron chi connectivity index (χ1n) is 7.23. The Morgan fingerprint density at radius 3 is 2.77 bits per heavy atom. The molecule has 2 aliphatic heterocycles. The molecule has 2 aliphatic rings. The van der Waals surface area contributed by atoms with Crippen LogP contribution >= 0.6 is 11.8 Å². The number of amides is 1. The lowest BCUT2D eigenvalue weighted by Crippen LogP contribution is -2.42. The molecule has 6 nitrogen and oxygen atoms in total. The van der Waals surface area contributed by atoms with E-state index in [-0.39, 0.29) is 22.9 Å². The second-order valence-electron chi connectivity index (χ2n) is 5.47. The molecular formula is C14H19N3O3S2. The van der Waals surface area contributed by atoms with E-state index in [0.717, 1.165) is 18.2 Å². The van der Waals surface area contributed by atoms with Crippen LogP contribution in [-0.4, -0.2) is 56.0 Å². The van der Waals surface area contributed by atoms with Crippen molar-refractivity contribution in [2.24, 2.45) is 0 Å². The van der Waals surface area contributed by atoms with E-state index in [4.69, 9.17) is 0 Å². The second-order valence-corrected chi connectivity index (χ2v) is 8.26. The van der Waals surface area contributed by atoms with Crippen LogP contribution in [0, 0.1) is 0 Å². The monoisotopic (exact) mass is 341 g/mol. The van der Waals surface area contributed by atoms with Gasteiger partial charge in [0.1, 0.15) is 0 Å². The van der Waals surface area contributed by atoms with Gasteiger partial charge < -0.3 is 10.2 Å². The molecule has 1 aromatic carbocycles. The molecule has 120 valence electrons. The molecule has 0 spiro atoms. The highest BCUT2D eigenvalue weighted by molar-refractivity contribution is 7.99. The van der Waals surface area contributed by atoms with E-state index in [1.165, 1.54) is 0 Å². The van der Waals surface area contributed by atoms with E-state index in [1.807, 2.05) is 4.90 Å². The van der Waals surface area contributed by atoms with Crippen molar-refractivity contribution in [2.75, 3.05) is 24.7 Å². The van der Waals surface area contributed by atoms with Crippen LogP contribution in [0.4, 0.5) is 0 Å². The average Bonchev–Trinajstić information content (AvgIpc) is 3.18. The van der Waals surface area contributed by atoms with E-state index in [0.29, 0.717) is 13.0 Å². The summed E-state index contributed by atoms with van der Waals surface area (Å²) in [5.41, 5.74) is 0. The van der Waals surface area contributed by atoms with E-state index in [9.17, 15) is 13.2 Å². The molecule has 0 radical (unpaired) electrons. The summed E-state index contributed by atoms with van der Waals surface area (Å²) in [6.45, 7) is 1.26. The molecule has 22 heavy (non-hydrogen) atoms. The maximum atomic E-state index is 12.3. The molecule has 0 aromatic heterocycles. The number of carbonyl (C=O) groups excluding carboxylic acids is 1. The molecule has 2 fully saturated rings. The topological polar surface area (TPSA) is 78.5 Å². The molecule has 0 aliphatic carbocycles. The zero-order chi connectivity index (χ0) is 15.6. The lowest BCUT2D eigenvalue weighted by atomic mass is 10.1. The van der Waals surface area contributed by atoms with Crippen LogP contribution in [0.5, 0.6) is 0 Å². The van der Waals surface area contributed by atoms with Crippen LogP contribution in [0.3, 0.4) is 0 Å². The van der Waals surface area contributed by atoms with Crippen molar-refractivity contribution >= 4 is 27.7 Å². The Morgan fingerprint density at radius 2 is 2.09 bits per heavy atom. The van der Waals surface area contributed by atoms with Gasteiger partial charge in [-0.1, -0.05) is 18.2 Å². The van der Waals surface area contributed by atoms with Gasteiger partial charge in [-0.25, -0.2) is 13.1 Å². The fourth-order valence-corrected chi connectivity index (χ4v) is 4.93. The van der Waals surface area contributed by atoms with Crippen molar-refractivity contribution < 1.29 is 13.2 Å². The lowest BCUT2D eigenvalue weighted by Gasteiger charge is -2.19. The van der Waals surface area contributed by atoms with E-state index in [1.54, 1.807) is 42.1 Å². The molecule has 2 atom stereocenters. The van der Waals surface area contributed by atoms with Crippen molar-refractivity contribution in [3.05, 3.63) is 30.3 Å². The number of benzene rings is 1. The third kappa shape index (κ3) is 3.45. The Balaban J connectivity index is 1.60. The lowest BCUT2D eigenvalue weighted by molar-refractivity contribution is -0.131. The van der Waals surface area contributed by atoms with Gasteiger partial charge in [-0.2, -0.15) is 0 Å². The Morgan fingerprint density at radius 1 is 1.32 bits per heavy atom. The van der Waals surface area contributed by atoms with Crippen LogP contribution in [0.1, 0.15) is 6.42 Å². The standard InChI is InChI=1S/C14H19N3O3S2/c18-14(17-6-7-21-10-17)13-8-11(9-15-13)16-22(19,20)12-4-2-1-3-5-12/h1-5,11,13,15-16H,6-10H2. The van der Waals surface area contributed by atoms with Gasteiger partial charge in [-0.3, -0.25) is 4.79 Å². The predicted molar refractivity (Wildman–Crippen MR) is 86.0 cm³/mol. The van der Waals surface area contributed by atoms with Gasteiger partial charge in [0, 0.05) is 24.9 Å². The largest absolute Gasteiger partial charge is 0.331 e. The first-order valence-corrected chi connectivity index (χ1v) is 9.87. The fraction of sp³-hybridized carbons (Fsp3) is 0.500. The number of sulfonamides is 1. The smallest absolute Gasteiger partial charge is 0.240 e. The molecule has 2 unspecified atom stereocenters. The van der Waals surface area contributed by atoms with Crippen LogP contribution in [0.2, 0.25) is 0 Å². The summed E-state index contributed by atoms with van der Waals surface area (Å²) in [5.74, 6) is 1.78. The Hall–Kier alpha value is -1.09. The quantitative estimate of drug-likeness (QED) is 0.820. The summed E-state index contributed by atoms with van der Waals surface area (Å²) in [5, 5.41) is 3.13. The van der Waals surface area contributed by atoms with Crippen LogP contribution in [0.25, 0.3) is 0 Å².